The van der Waals surface area contributed by atoms with E-state index >= 15 is 0 Å². The fraction of sp³-hybridized carbons (Fsp3) is 0.476. The van der Waals surface area contributed by atoms with Gasteiger partial charge in [-0.05, 0) is 49.8 Å². The number of nitrogens with zero attached hydrogens (tertiary/aromatic N) is 1. The molecule has 1 aromatic carbocycles. The molecule has 5 heteroatoms. The SMILES string of the molecule is Cc1ccc(OCCC(=O)N(Cc2cccs2)CC2CCCO2)c(C)c1. The molecule has 1 aliphatic rings. The van der Waals surface area contributed by atoms with Gasteiger partial charge in [-0.1, -0.05) is 23.8 Å². The van der Waals surface area contributed by atoms with Crippen LogP contribution in [0.5, 0.6) is 5.75 Å². The van der Waals surface area contributed by atoms with E-state index in [4.69, 9.17) is 9.47 Å². The molecule has 1 fully saturated rings. The van der Waals surface area contributed by atoms with Gasteiger partial charge in [-0.15, -0.1) is 11.3 Å². The lowest BCUT2D eigenvalue weighted by Gasteiger charge is -2.25. The van der Waals surface area contributed by atoms with E-state index in [1.165, 1.54) is 10.4 Å². The Morgan fingerprint density at radius 2 is 2.23 bits per heavy atom. The number of amides is 1. The molecule has 0 saturated carbocycles. The largest absolute Gasteiger partial charge is 0.493 e. The molecule has 4 nitrogen and oxygen atoms in total. The van der Waals surface area contributed by atoms with Crippen molar-refractivity contribution in [2.24, 2.45) is 0 Å². The molecular weight excluding hydrogens is 346 g/mol. The van der Waals surface area contributed by atoms with Gasteiger partial charge in [-0.2, -0.15) is 0 Å². The summed E-state index contributed by atoms with van der Waals surface area (Å²) in [6.07, 6.45) is 2.67. The fourth-order valence-corrected chi connectivity index (χ4v) is 3.97. The van der Waals surface area contributed by atoms with E-state index in [0.29, 0.717) is 26.1 Å². The molecular formula is C21H27NO3S. The number of rotatable bonds is 8. The van der Waals surface area contributed by atoms with Crippen LogP contribution in [0.25, 0.3) is 0 Å². The highest BCUT2D eigenvalue weighted by Crippen LogP contribution is 2.20. The Bertz CT molecular complexity index is 708. The van der Waals surface area contributed by atoms with Crippen LogP contribution in [0.15, 0.2) is 35.7 Å². The molecule has 140 valence electrons. The number of thiophene rings is 1. The van der Waals surface area contributed by atoms with Gasteiger partial charge in [-0.3, -0.25) is 4.79 Å². The first-order chi connectivity index (χ1) is 12.6. The molecule has 1 unspecified atom stereocenters. The average Bonchev–Trinajstić information content (AvgIpc) is 3.30. The minimum absolute atomic E-state index is 0.124. The van der Waals surface area contributed by atoms with E-state index in [1.54, 1.807) is 11.3 Å². The predicted octanol–water partition coefficient (Wildman–Crippen LogP) is 4.34. The number of hydrogen-bond acceptors (Lipinski definition) is 4. The Morgan fingerprint density at radius 3 is 2.92 bits per heavy atom. The lowest BCUT2D eigenvalue weighted by atomic mass is 10.1. The third-order valence-corrected chi connectivity index (χ3v) is 5.49. The molecule has 0 N–H and O–H groups in total. The first kappa shape index (κ1) is 18.9. The molecule has 1 aliphatic heterocycles. The van der Waals surface area contributed by atoms with Crippen LogP contribution < -0.4 is 4.74 Å². The standard InChI is InChI=1S/C21H27NO3S/c1-16-7-8-20(17(2)13-16)25-11-9-21(23)22(14-18-5-3-10-24-18)15-19-6-4-12-26-19/h4,6-8,12-13,18H,3,5,9-11,14-15H2,1-2H3. The second kappa shape index (κ2) is 9.19. The average molecular weight is 374 g/mol. The quantitative estimate of drug-likeness (QED) is 0.691. The molecule has 0 bridgehead atoms. The van der Waals surface area contributed by atoms with Crippen molar-refractivity contribution in [2.75, 3.05) is 19.8 Å². The molecule has 3 rings (SSSR count). The van der Waals surface area contributed by atoms with Gasteiger partial charge < -0.3 is 14.4 Å². The number of carbonyl (C=O) groups is 1. The van der Waals surface area contributed by atoms with Crippen molar-refractivity contribution in [2.45, 2.75) is 45.8 Å². The van der Waals surface area contributed by atoms with E-state index in [1.807, 2.05) is 35.4 Å². The van der Waals surface area contributed by atoms with Crippen molar-refractivity contribution in [1.29, 1.82) is 0 Å². The summed E-state index contributed by atoms with van der Waals surface area (Å²) < 4.78 is 11.6. The lowest BCUT2D eigenvalue weighted by molar-refractivity contribution is -0.133. The summed E-state index contributed by atoms with van der Waals surface area (Å²) in [7, 11) is 0. The van der Waals surface area contributed by atoms with E-state index in [0.717, 1.165) is 30.8 Å². The Hall–Kier alpha value is -1.85. The highest BCUT2D eigenvalue weighted by molar-refractivity contribution is 7.09. The molecule has 0 spiro atoms. The van der Waals surface area contributed by atoms with Crippen LogP contribution in [0, 0.1) is 13.8 Å². The number of hydrogen-bond donors (Lipinski definition) is 0. The van der Waals surface area contributed by atoms with Crippen LogP contribution in [0.2, 0.25) is 0 Å². The van der Waals surface area contributed by atoms with Gasteiger partial charge in [0.05, 0.1) is 25.7 Å². The van der Waals surface area contributed by atoms with Crippen LogP contribution in [0.4, 0.5) is 0 Å². The summed E-state index contributed by atoms with van der Waals surface area (Å²) in [4.78, 5) is 15.9. The van der Waals surface area contributed by atoms with Crippen LogP contribution >= 0.6 is 11.3 Å². The van der Waals surface area contributed by atoms with Gasteiger partial charge in [0, 0.05) is 18.0 Å². The Kier molecular flexibility index (Phi) is 6.69. The summed E-state index contributed by atoms with van der Waals surface area (Å²) in [6, 6.07) is 10.2. The molecule has 2 heterocycles. The number of aryl methyl sites for hydroxylation is 2. The first-order valence-corrected chi connectivity index (χ1v) is 10.1. The molecule has 1 saturated heterocycles. The van der Waals surface area contributed by atoms with Gasteiger partial charge in [0.1, 0.15) is 5.75 Å². The molecule has 0 radical (unpaired) electrons. The maximum absolute atomic E-state index is 12.8. The number of benzene rings is 1. The summed E-state index contributed by atoms with van der Waals surface area (Å²) >= 11 is 1.68. The highest BCUT2D eigenvalue weighted by Gasteiger charge is 2.23. The smallest absolute Gasteiger partial charge is 0.226 e. The monoisotopic (exact) mass is 373 g/mol. The summed E-state index contributed by atoms with van der Waals surface area (Å²) in [5.74, 6) is 0.978. The van der Waals surface area contributed by atoms with E-state index in [2.05, 4.69) is 19.1 Å². The number of ether oxygens (including phenoxy) is 2. The normalized spacial score (nSPS) is 16.6. The maximum atomic E-state index is 12.8. The third-order valence-electron chi connectivity index (χ3n) is 4.63. The molecule has 1 atom stereocenters. The minimum atomic E-state index is 0.124. The van der Waals surface area contributed by atoms with Crippen molar-refractivity contribution in [3.8, 4) is 5.75 Å². The van der Waals surface area contributed by atoms with Crippen molar-refractivity contribution in [3.63, 3.8) is 0 Å². The van der Waals surface area contributed by atoms with Crippen LogP contribution in [-0.2, 0) is 16.1 Å². The maximum Gasteiger partial charge on any atom is 0.226 e. The fourth-order valence-electron chi connectivity index (χ4n) is 3.25. The van der Waals surface area contributed by atoms with Crippen molar-refractivity contribution in [3.05, 3.63) is 51.7 Å². The molecule has 0 aliphatic carbocycles. The van der Waals surface area contributed by atoms with Gasteiger partial charge in [-0.25, -0.2) is 0 Å². The topological polar surface area (TPSA) is 38.8 Å². The van der Waals surface area contributed by atoms with Crippen molar-refractivity contribution in [1.82, 2.24) is 4.90 Å². The second-order valence-electron chi connectivity index (χ2n) is 6.86. The highest BCUT2D eigenvalue weighted by atomic mass is 32.1. The van der Waals surface area contributed by atoms with E-state index in [-0.39, 0.29) is 12.0 Å². The zero-order valence-corrected chi connectivity index (χ0v) is 16.4. The Labute approximate surface area is 159 Å². The molecule has 1 aromatic heterocycles. The van der Waals surface area contributed by atoms with Gasteiger partial charge >= 0.3 is 0 Å². The minimum Gasteiger partial charge on any atom is -0.493 e. The molecule has 26 heavy (non-hydrogen) atoms. The van der Waals surface area contributed by atoms with Crippen LogP contribution in [-0.4, -0.2) is 36.7 Å². The zero-order chi connectivity index (χ0) is 18.4. The van der Waals surface area contributed by atoms with Crippen molar-refractivity contribution >= 4 is 17.2 Å². The van der Waals surface area contributed by atoms with Crippen LogP contribution in [0.3, 0.4) is 0 Å². The summed E-state index contributed by atoms with van der Waals surface area (Å²) in [5, 5.41) is 2.05. The zero-order valence-electron chi connectivity index (χ0n) is 15.6. The number of carbonyl (C=O) groups excluding carboxylic acids is 1. The summed E-state index contributed by atoms with van der Waals surface area (Å²) in [5.41, 5.74) is 2.32. The summed E-state index contributed by atoms with van der Waals surface area (Å²) in [6.45, 7) is 6.62. The Balaban J connectivity index is 1.55. The third kappa shape index (κ3) is 5.32. The Morgan fingerprint density at radius 1 is 1.35 bits per heavy atom. The van der Waals surface area contributed by atoms with Gasteiger partial charge in [0.2, 0.25) is 5.91 Å². The first-order valence-electron chi connectivity index (χ1n) is 9.23. The molecule has 2 aromatic rings. The van der Waals surface area contributed by atoms with E-state index < -0.39 is 0 Å². The second-order valence-corrected chi connectivity index (χ2v) is 7.89. The predicted molar refractivity (Wildman–Crippen MR) is 105 cm³/mol. The van der Waals surface area contributed by atoms with Crippen molar-refractivity contribution < 1.29 is 14.3 Å². The van der Waals surface area contributed by atoms with E-state index in [9.17, 15) is 4.79 Å². The molecule has 1 amide bonds. The van der Waals surface area contributed by atoms with Crippen LogP contribution in [0.1, 0.15) is 35.3 Å². The lowest BCUT2D eigenvalue weighted by Crippen LogP contribution is -2.37. The van der Waals surface area contributed by atoms with Gasteiger partial charge in [0.25, 0.3) is 0 Å². The van der Waals surface area contributed by atoms with Gasteiger partial charge in [0.15, 0.2) is 0 Å².